The highest BCUT2D eigenvalue weighted by molar-refractivity contribution is 6.42. The molecule has 0 aliphatic heterocycles. The van der Waals surface area contributed by atoms with E-state index >= 15 is 0 Å². The van der Waals surface area contributed by atoms with Gasteiger partial charge in [-0.25, -0.2) is 0 Å². The van der Waals surface area contributed by atoms with Crippen LogP contribution >= 0.6 is 23.2 Å². The first-order valence-electron chi connectivity index (χ1n) is 6.14. The molecule has 1 unspecified atom stereocenters. The molecule has 1 atom stereocenters. The van der Waals surface area contributed by atoms with Crippen molar-refractivity contribution in [1.29, 1.82) is 0 Å². The topological polar surface area (TPSA) is 12.0 Å². The Kier molecular flexibility index (Phi) is 4.02. The molecule has 17 heavy (non-hydrogen) atoms. The first kappa shape index (κ1) is 13.2. The third kappa shape index (κ3) is 2.96. The van der Waals surface area contributed by atoms with Gasteiger partial charge in [0, 0.05) is 6.54 Å². The summed E-state index contributed by atoms with van der Waals surface area (Å²) < 4.78 is 0. The van der Waals surface area contributed by atoms with Gasteiger partial charge in [-0.2, -0.15) is 0 Å². The predicted molar refractivity (Wildman–Crippen MR) is 74.9 cm³/mol. The lowest BCUT2D eigenvalue weighted by molar-refractivity contribution is 0.263. The van der Waals surface area contributed by atoms with Crippen LogP contribution in [-0.4, -0.2) is 13.6 Å². The molecule has 1 fully saturated rings. The fraction of sp³-hybridized carbons (Fsp3) is 0.571. The summed E-state index contributed by atoms with van der Waals surface area (Å²) in [5.74, 6) is 0.824. The zero-order valence-electron chi connectivity index (χ0n) is 10.4. The number of hydrogen-bond donors (Lipinski definition) is 1. The SMILES string of the molecule is CNCC(C)(Cc1cccc(Cl)c1Cl)C1CC1. The molecule has 0 spiro atoms. The maximum Gasteiger partial charge on any atom is 0.0624 e. The fourth-order valence-corrected chi connectivity index (χ4v) is 3.04. The molecule has 1 aliphatic carbocycles. The molecule has 1 aromatic carbocycles. The molecular formula is C14H19Cl2N. The van der Waals surface area contributed by atoms with E-state index < -0.39 is 0 Å². The van der Waals surface area contributed by atoms with Gasteiger partial charge in [0.1, 0.15) is 0 Å². The van der Waals surface area contributed by atoms with Gasteiger partial charge in [-0.1, -0.05) is 42.3 Å². The van der Waals surface area contributed by atoms with Crippen molar-refractivity contribution in [2.45, 2.75) is 26.2 Å². The summed E-state index contributed by atoms with van der Waals surface area (Å²) in [6.45, 7) is 3.37. The standard InChI is InChI=1S/C14H19Cl2N/c1-14(9-17-2,11-6-7-11)8-10-4-3-5-12(15)13(10)16/h3-5,11,17H,6-9H2,1-2H3. The van der Waals surface area contributed by atoms with E-state index in [-0.39, 0.29) is 0 Å². The molecule has 1 aromatic rings. The van der Waals surface area contributed by atoms with Crippen LogP contribution in [0.5, 0.6) is 0 Å². The number of rotatable bonds is 5. The lowest BCUT2D eigenvalue weighted by Crippen LogP contribution is -2.34. The molecule has 0 amide bonds. The largest absolute Gasteiger partial charge is 0.319 e. The molecule has 0 bridgehead atoms. The van der Waals surface area contributed by atoms with Crippen LogP contribution < -0.4 is 5.32 Å². The smallest absolute Gasteiger partial charge is 0.0624 e. The van der Waals surface area contributed by atoms with E-state index in [2.05, 4.69) is 18.3 Å². The minimum absolute atomic E-state index is 0.295. The fourth-order valence-electron chi connectivity index (χ4n) is 2.66. The quantitative estimate of drug-likeness (QED) is 0.848. The molecule has 3 heteroatoms. The van der Waals surface area contributed by atoms with E-state index in [9.17, 15) is 0 Å². The first-order chi connectivity index (χ1) is 8.07. The summed E-state index contributed by atoms with van der Waals surface area (Å²) in [7, 11) is 2.01. The average Bonchev–Trinajstić information content (AvgIpc) is 3.09. The molecule has 0 aromatic heterocycles. The first-order valence-corrected chi connectivity index (χ1v) is 6.90. The summed E-state index contributed by atoms with van der Waals surface area (Å²) >= 11 is 12.3. The van der Waals surface area contributed by atoms with Gasteiger partial charge in [-0.05, 0) is 49.3 Å². The van der Waals surface area contributed by atoms with Crippen LogP contribution in [0.15, 0.2) is 18.2 Å². The Morgan fingerprint density at radius 3 is 2.65 bits per heavy atom. The Bertz CT molecular complexity index is 401. The van der Waals surface area contributed by atoms with Crippen molar-refractivity contribution in [3.63, 3.8) is 0 Å². The van der Waals surface area contributed by atoms with Crippen molar-refractivity contribution in [2.75, 3.05) is 13.6 Å². The number of hydrogen-bond acceptors (Lipinski definition) is 1. The van der Waals surface area contributed by atoms with Gasteiger partial charge in [0.05, 0.1) is 10.0 Å². The highest BCUT2D eigenvalue weighted by Gasteiger charge is 2.41. The molecule has 1 saturated carbocycles. The molecule has 1 aliphatic rings. The maximum absolute atomic E-state index is 6.27. The summed E-state index contributed by atoms with van der Waals surface area (Å²) in [5, 5.41) is 4.69. The van der Waals surface area contributed by atoms with E-state index in [1.165, 1.54) is 18.4 Å². The van der Waals surface area contributed by atoms with Crippen LogP contribution in [-0.2, 0) is 6.42 Å². The van der Waals surface area contributed by atoms with Crippen LogP contribution in [0.4, 0.5) is 0 Å². The average molecular weight is 272 g/mol. The third-order valence-corrected chi connectivity index (χ3v) is 4.63. The summed E-state index contributed by atoms with van der Waals surface area (Å²) in [6, 6.07) is 5.92. The molecule has 0 saturated heterocycles. The summed E-state index contributed by atoms with van der Waals surface area (Å²) in [6.07, 6.45) is 3.69. The molecule has 0 radical (unpaired) electrons. The van der Waals surface area contributed by atoms with E-state index in [0.29, 0.717) is 10.4 Å². The second-order valence-electron chi connectivity index (χ2n) is 5.35. The number of halogens is 2. The van der Waals surface area contributed by atoms with Crippen molar-refractivity contribution in [3.05, 3.63) is 33.8 Å². The van der Waals surface area contributed by atoms with Gasteiger partial charge in [0.15, 0.2) is 0 Å². The van der Waals surface area contributed by atoms with Crippen molar-refractivity contribution in [1.82, 2.24) is 5.32 Å². The Morgan fingerprint density at radius 1 is 1.35 bits per heavy atom. The van der Waals surface area contributed by atoms with Crippen LogP contribution in [0.1, 0.15) is 25.3 Å². The Labute approximate surface area is 114 Å². The van der Waals surface area contributed by atoms with Crippen molar-refractivity contribution in [3.8, 4) is 0 Å². The van der Waals surface area contributed by atoms with Crippen molar-refractivity contribution >= 4 is 23.2 Å². The molecule has 1 N–H and O–H groups in total. The molecular weight excluding hydrogens is 253 g/mol. The van der Waals surface area contributed by atoms with Crippen molar-refractivity contribution < 1.29 is 0 Å². The minimum atomic E-state index is 0.295. The molecule has 94 valence electrons. The Hall–Kier alpha value is -0.240. The third-order valence-electron chi connectivity index (χ3n) is 3.77. The molecule has 0 heterocycles. The number of benzene rings is 1. The normalized spacial score (nSPS) is 19.1. The number of nitrogens with one attached hydrogen (secondary N) is 1. The van der Waals surface area contributed by atoms with E-state index in [4.69, 9.17) is 23.2 Å². The summed E-state index contributed by atoms with van der Waals surface area (Å²) in [4.78, 5) is 0. The Morgan fingerprint density at radius 2 is 2.06 bits per heavy atom. The minimum Gasteiger partial charge on any atom is -0.319 e. The highest BCUT2D eigenvalue weighted by atomic mass is 35.5. The second-order valence-corrected chi connectivity index (χ2v) is 6.13. The van der Waals surface area contributed by atoms with E-state index in [0.717, 1.165) is 23.9 Å². The predicted octanol–water partition coefficient (Wildman–Crippen LogP) is 4.17. The monoisotopic (exact) mass is 271 g/mol. The zero-order chi connectivity index (χ0) is 12.5. The second kappa shape index (κ2) is 5.17. The molecule has 2 rings (SSSR count). The lowest BCUT2D eigenvalue weighted by atomic mass is 9.79. The lowest BCUT2D eigenvalue weighted by Gasteiger charge is -2.30. The van der Waals surface area contributed by atoms with E-state index in [1.54, 1.807) is 0 Å². The maximum atomic E-state index is 6.27. The Balaban J connectivity index is 2.20. The van der Waals surface area contributed by atoms with Gasteiger partial charge >= 0.3 is 0 Å². The van der Waals surface area contributed by atoms with Gasteiger partial charge in [-0.15, -0.1) is 0 Å². The summed E-state index contributed by atoms with van der Waals surface area (Å²) in [5.41, 5.74) is 1.46. The zero-order valence-corrected chi connectivity index (χ0v) is 11.9. The van der Waals surface area contributed by atoms with Crippen LogP contribution in [0.25, 0.3) is 0 Å². The van der Waals surface area contributed by atoms with Gasteiger partial charge < -0.3 is 5.32 Å². The van der Waals surface area contributed by atoms with Gasteiger partial charge in [0.25, 0.3) is 0 Å². The van der Waals surface area contributed by atoms with Crippen LogP contribution in [0.2, 0.25) is 10.0 Å². The van der Waals surface area contributed by atoms with E-state index in [1.807, 2.05) is 19.2 Å². The van der Waals surface area contributed by atoms with Crippen LogP contribution in [0, 0.1) is 11.3 Å². The van der Waals surface area contributed by atoms with Crippen molar-refractivity contribution in [2.24, 2.45) is 11.3 Å². The van der Waals surface area contributed by atoms with Crippen LogP contribution in [0.3, 0.4) is 0 Å². The highest BCUT2D eigenvalue weighted by Crippen LogP contribution is 2.47. The van der Waals surface area contributed by atoms with Gasteiger partial charge in [0.2, 0.25) is 0 Å². The van der Waals surface area contributed by atoms with Gasteiger partial charge in [-0.3, -0.25) is 0 Å². The molecule has 1 nitrogen and oxygen atoms in total.